The number of carbonyl (C=O) groups is 1. The van der Waals surface area contributed by atoms with Gasteiger partial charge >= 0.3 is 5.97 Å². The molecule has 0 atom stereocenters. The molecule has 0 aliphatic heterocycles. The molecule has 0 aliphatic rings. The number of hydrogen-bond acceptors (Lipinski definition) is 4. The van der Waals surface area contributed by atoms with Gasteiger partial charge in [-0.3, -0.25) is 0 Å². The van der Waals surface area contributed by atoms with Crippen molar-refractivity contribution < 1.29 is 14.3 Å². The molecule has 2 rings (SSSR count). The van der Waals surface area contributed by atoms with Gasteiger partial charge in [0.25, 0.3) is 0 Å². The molecule has 0 unspecified atom stereocenters. The lowest BCUT2D eigenvalue weighted by atomic mass is 10.1. The first-order valence-corrected chi connectivity index (χ1v) is 6.83. The van der Waals surface area contributed by atoms with Gasteiger partial charge in [0.2, 0.25) is 0 Å². The first-order valence-electron chi connectivity index (χ1n) is 6.83. The zero-order valence-corrected chi connectivity index (χ0v) is 12.5. The van der Waals surface area contributed by atoms with Gasteiger partial charge in [0.05, 0.1) is 12.2 Å². The van der Waals surface area contributed by atoms with Gasteiger partial charge in [-0.05, 0) is 56.2 Å². The number of hydrogen-bond donors (Lipinski definition) is 1. The second-order valence-corrected chi connectivity index (χ2v) is 4.77. The van der Waals surface area contributed by atoms with E-state index >= 15 is 0 Å². The van der Waals surface area contributed by atoms with Crippen molar-refractivity contribution in [1.82, 2.24) is 0 Å². The van der Waals surface area contributed by atoms with Crippen molar-refractivity contribution >= 4 is 11.7 Å². The number of ether oxygens (including phenoxy) is 2. The normalized spacial score (nSPS) is 10.2. The van der Waals surface area contributed by atoms with Crippen LogP contribution in [0.2, 0.25) is 0 Å². The van der Waals surface area contributed by atoms with E-state index in [9.17, 15) is 4.79 Å². The number of nitrogens with two attached hydrogens (primary N) is 1. The summed E-state index contributed by atoms with van der Waals surface area (Å²) in [5, 5.41) is 0. The van der Waals surface area contributed by atoms with Crippen molar-refractivity contribution in [2.45, 2.75) is 20.8 Å². The fourth-order valence-electron chi connectivity index (χ4n) is 1.95. The van der Waals surface area contributed by atoms with Crippen LogP contribution in [0.5, 0.6) is 11.5 Å². The Hall–Kier alpha value is -2.49. The third kappa shape index (κ3) is 3.34. The average molecular weight is 285 g/mol. The first kappa shape index (κ1) is 14.9. The summed E-state index contributed by atoms with van der Waals surface area (Å²) in [5.74, 6) is 0.872. The van der Waals surface area contributed by atoms with Crippen molar-refractivity contribution in [2.75, 3.05) is 12.3 Å². The minimum absolute atomic E-state index is 0.306. The summed E-state index contributed by atoms with van der Waals surface area (Å²) in [5.41, 5.74) is 8.72. The number of rotatable bonds is 4. The molecule has 4 nitrogen and oxygen atoms in total. The smallest absolute Gasteiger partial charge is 0.340 e. The molecule has 2 N–H and O–H groups in total. The van der Waals surface area contributed by atoms with Gasteiger partial charge < -0.3 is 15.2 Å². The van der Waals surface area contributed by atoms with Crippen LogP contribution in [0.3, 0.4) is 0 Å². The number of nitrogen functional groups attached to an aromatic ring is 1. The quantitative estimate of drug-likeness (QED) is 0.684. The third-order valence-corrected chi connectivity index (χ3v) is 3.30. The molecule has 0 radical (unpaired) electrons. The Kier molecular flexibility index (Phi) is 4.48. The zero-order valence-electron chi connectivity index (χ0n) is 12.5. The van der Waals surface area contributed by atoms with Crippen molar-refractivity contribution in [1.29, 1.82) is 0 Å². The Bertz CT molecular complexity index is 665. The predicted octanol–water partition coefficient (Wildman–Crippen LogP) is 3.85. The van der Waals surface area contributed by atoms with Gasteiger partial charge in [-0.15, -0.1) is 0 Å². The molecule has 0 heterocycles. The average Bonchev–Trinajstić information content (AvgIpc) is 2.46. The number of aryl methyl sites for hydroxylation is 1. The van der Waals surface area contributed by atoms with Crippen molar-refractivity contribution in [3.8, 4) is 11.5 Å². The summed E-state index contributed by atoms with van der Waals surface area (Å²) in [6.45, 7) is 6.08. The van der Waals surface area contributed by atoms with Gasteiger partial charge in [0, 0.05) is 5.69 Å². The van der Waals surface area contributed by atoms with Crippen LogP contribution in [0.1, 0.15) is 28.4 Å². The summed E-state index contributed by atoms with van der Waals surface area (Å²) in [6.07, 6.45) is 0. The predicted molar refractivity (Wildman–Crippen MR) is 82.8 cm³/mol. The molecular formula is C17H19NO3. The van der Waals surface area contributed by atoms with Crippen molar-refractivity contribution in [3.05, 3.63) is 53.1 Å². The Balaban J connectivity index is 2.31. The Morgan fingerprint density at radius 3 is 2.67 bits per heavy atom. The summed E-state index contributed by atoms with van der Waals surface area (Å²) in [7, 11) is 0. The van der Waals surface area contributed by atoms with Crippen LogP contribution < -0.4 is 10.5 Å². The molecule has 0 saturated heterocycles. The minimum Gasteiger partial charge on any atom is -0.462 e. The van der Waals surface area contributed by atoms with Crippen LogP contribution in [0.15, 0.2) is 36.4 Å². The van der Waals surface area contributed by atoms with Crippen LogP contribution in [0, 0.1) is 13.8 Å². The van der Waals surface area contributed by atoms with E-state index in [0.29, 0.717) is 23.6 Å². The Morgan fingerprint density at radius 1 is 1.19 bits per heavy atom. The highest BCUT2D eigenvalue weighted by Gasteiger charge is 2.13. The van der Waals surface area contributed by atoms with Gasteiger partial charge in [-0.2, -0.15) is 0 Å². The topological polar surface area (TPSA) is 61.5 Å². The molecular weight excluding hydrogens is 266 g/mol. The number of anilines is 1. The van der Waals surface area contributed by atoms with Gasteiger partial charge in [-0.25, -0.2) is 4.79 Å². The van der Waals surface area contributed by atoms with Crippen molar-refractivity contribution in [2.24, 2.45) is 0 Å². The highest BCUT2D eigenvalue weighted by atomic mass is 16.5. The lowest BCUT2D eigenvalue weighted by Crippen LogP contribution is -2.08. The molecule has 0 amide bonds. The molecule has 110 valence electrons. The minimum atomic E-state index is -0.443. The van der Waals surface area contributed by atoms with E-state index in [2.05, 4.69) is 0 Å². The maximum absolute atomic E-state index is 11.8. The standard InChI is InChI=1S/C17H19NO3/c1-4-20-17(19)14-10-13(8-9-15(14)18)21-16-7-5-6-11(2)12(16)3/h5-10H,4,18H2,1-3H3. The van der Waals surface area contributed by atoms with E-state index < -0.39 is 5.97 Å². The van der Waals surface area contributed by atoms with E-state index in [0.717, 1.165) is 16.9 Å². The molecule has 0 aliphatic carbocycles. The first-order chi connectivity index (χ1) is 10.0. The number of esters is 1. The second-order valence-electron chi connectivity index (χ2n) is 4.77. The van der Waals surface area contributed by atoms with E-state index in [-0.39, 0.29) is 0 Å². The fourth-order valence-corrected chi connectivity index (χ4v) is 1.95. The van der Waals surface area contributed by atoms with E-state index in [4.69, 9.17) is 15.2 Å². The number of carbonyl (C=O) groups excluding carboxylic acids is 1. The van der Waals surface area contributed by atoms with Crippen LogP contribution in [0.4, 0.5) is 5.69 Å². The van der Waals surface area contributed by atoms with Gasteiger partial charge in [-0.1, -0.05) is 12.1 Å². The molecule has 0 fully saturated rings. The maximum atomic E-state index is 11.8. The summed E-state index contributed by atoms with van der Waals surface area (Å²) >= 11 is 0. The molecule has 4 heteroatoms. The summed E-state index contributed by atoms with van der Waals surface area (Å²) < 4.78 is 10.8. The van der Waals surface area contributed by atoms with Crippen LogP contribution in [-0.4, -0.2) is 12.6 Å². The van der Waals surface area contributed by atoms with E-state index in [1.807, 2.05) is 32.0 Å². The Morgan fingerprint density at radius 2 is 1.95 bits per heavy atom. The third-order valence-electron chi connectivity index (χ3n) is 3.30. The second kappa shape index (κ2) is 6.31. The monoisotopic (exact) mass is 285 g/mol. The van der Waals surface area contributed by atoms with Crippen molar-refractivity contribution in [3.63, 3.8) is 0 Å². The van der Waals surface area contributed by atoms with E-state index in [1.54, 1.807) is 25.1 Å². The summed E-state index contributed by atoms with van der Waals surface area (Å²) in [6, 6.07) is 10.8. The maximum Gasteiger partial charge on any atom is 0.340 e. The van der Waals surface area contributed by atoms with E-state index in [1.165, 1.54) is 0 Å². The highest BCUT2D eigenvalue weighted by Crippen LogP contribution is 2.29. The molecule has 0 aromatic heterocycles. The lowest BCUT2D eigenvalue weighted by molar-refractivity contribution is 0.0527. The number of benzene rings is 2. The molecule has 0 bridgehead atoms. The van der Waals surface area contributed by atoms with Gasteiger partial charge in [0.15, 0.2) is 0 Å². The zero-order chi connectivity index (χ0) is 15.4. The molecule has 0 saturated carbocycles. The SMILES string of the molecule is CCOC(=O)c1cc(Oc2cccc(C)c2C)ccc1N. The Labute approximate surface area is 124 Å². The van der Waals surface area contributed by atoms with Crippen LogP contribution in [-0.2, 0) is 4.74 Å². The lowest BCUT2D eigenvalue weighted by Gasteiger charge is -2.12. The summed E-state index contributed by atoms with van der Waals surface area (Å²) in [4.78, 5) is 11.8. The van der Waals surface area contributed by atoms with Crippen LogP contribution in [0.25, 0.3) is 0 Å². The van der Waals surface area contributed by atoms with Crippen LogP contribution >= 0.6 is 0 Å². The molecule has 2 aromatic carbocycles. The fraction of sp³-hybridized carbons (Fsp3) is 0.235. The molecule has 2 aromatic rings. The van der Waals surface area contributed by atoms with Gasteiger partial charge in [0.1, 0.15) is 11.5 Å². The highest BCUT2D eigenvalue weighted by molar-refractivity contribution is 5.95. The molecule has 21 heavy (non-hydrogen) atoms. The largest absolute Gasteiger partial charge is 0.462 e. The molecule has 0 spiro atoms.